The molecule has 9 heteroatoms. The molecule has 4 heterocycles. The fourth-order valence-corrected chi connectivity index (χ4v) is 4.00. The van der Waals surface area contributed by atoms with Gasteiger partial charge in [0.1, 0.15) is 17.4 Å². The van der Waals surface area contributed by atoms with E-state index in [4.69, 9.17) is 4.74 Å². The second kappa shape index (κ2) is 6.94. The molecule has 2 N–H and O–H groups in total. The molecule has 8 nitrogen and oxygen atoms in total. The maximum absolute atomic E-state index is 14.5. The fourth-order valence-electron chi connectivity index (χ4n) is 4.00. The predicted octanol–water partition coefficient (Wildman–Crippen LogP) is 2.71. The van der Waals surface area contributed by atoms with Crippen LogP contribution >= 0.6 is 0 Å². The van der Waals surface area contributed by atoms with Gasteiger partial charge in [-0.25, -0.2) is 14.5 Å². The van der Waals surface area contributed by atoms with Gasteiger partial charge in [-0.3, -0.25) is 9.48 Å². The minimum absolute atomic E-state index is 0.221. The van der Waals surface area contributed by atoms with Crippen molar-refractivity contribution in [3.8, 4) is 16.9 Å². The first-order valence-electron chi connectivity index (χ1n) is 9.57. The van der Waals surface area contributed by atoms with E-state index in [1.165, 1.54) is 6.07 Å². The number of ether oxygens (including phenoxy) is 1. The Labute approximate surface area is 170 Å². The lowest BCUT2D eigenvalue weighted by Crippen LogP contribution is -2.12. The van der Waals surface area contributed by atoms with Gasteiger partial charge in [-0.1, -0.05) is 0 Å². The Morgan fingerprint density at radius 3 is 2.97 bits per heavy atom. The van der Waals surface area contributed by atoms with E-state index in [0.29, 0.717) is 46.5 Å². The molecule has 5 rings (SSSR count). The number of benzene rings is 1. The molecule has 30 heavy (non-hydrogen) atoms. The standard InChI is InChI=1S/C21H19FN6O2/c1-11-16(10-28(2)27-11)14-8-24-20(15-9-25-26-21(29)19(14)15)23-7-13-12-5-6-30-18(12)4-3-17(13)22/h3-4,8-10H,5-7H2,1-2H3,(H,23,24)(H,26,29). The summed E-state index contributed by atoms with van der Waals surface area (Å²) in [6.45, 7) is 2.65. The average Bonchev–Trinajstić information content (AvgIpc) is 3.33. The van der Waals surface area contributed by atoms with Crippen LogP contribution in [0.15, 0.2) is 35.5 Å². The Balaban J connectivity index is 1.58. The zero-order valence-electron chi connectivity index (χ0n) is 16.5. The maximum Gasteiger partial charge on any atom is 0.272 e. The van der Waals surface area contributed by atoms with Crippen LogP contribution in [0.1, 0.15) is 16.8 Å². The summed E-state index contributed by atoms with van der Waals surface area (Å²) >= 11 is 0. The lowest BCUT2D eigenvalue weighted by Gasteiger charge is -2.13. The summed E-state index contributed by atoms with van der Waals surface area (Å²) < 4.78 is 21.7. The van der Waals surface area contributed by atoms with Gasteiger partial charge >= 0.3 is 0 Å². The van der Waals surface area contributed by atoms with Crippen molar-refractivity contribution in [3.05, 3.63) is 63.7 Å². The van der Waals surface area contributed by atoms with Crippen LogP contribution in [0.25, 0.3) is 21.9 Å². The first-order chi connectivity index (χ1) is 14.5. The van der Waals surface area contributed by atoms with Gasteiger partial charge < -0.3 is 10.1 Å². The summed E-state index contributed by atoms with van der Waals surface area (Å²) in [5.74, 6) is 0.881. The van der Waals surface area contributed by atoms with E-state index in [1.807, 2.05) is 20.2 Å². The van der Waals surface area contributed by atoms with Crippen LogP contribution in [0.3, 0.4) is 0 Å². The summed E-state index contributed by atoms with van der Waals surface area (Å²) in [5.41, 5.74) is 3.37. The maximum atomic E-state index is 14.5. The molecule has 1 aromatic carbocycles. The molecule has 0 fully saturated rings. The summed E-state index contributed by atoms with van der Waals surface area (Å²) in [6.07, 6.45) is 5.70. The third-order valence-corrected chi connectivity index (χ3v) is 5.38. The number of nitrogens with zero attached hydrogens (tertiary/aromatic N) is 4. The van der Waals surface area contributed by atoms with Crippen molar-refractivity contribution in [1.82, 2.24) is 25.0 Å². The van der Waals surface area contributed by atoms with E-state index < -0.39 is 0 Å². The molecule has 3 aromatic heterocycles. The molecule has 0 saturated carbocycles. The zero-order chi connectivity index (χ0) is 20.8. The molecule has 0 bridgehead atoms. The van der Waals surface area contributed by atoms with Crippen LogP contribution in [0.5, 0.6) is 5.75 Å². The Morgan fingerprint density at radius 1 is 1.30 bits per heavy atom. The smallest absolute Gasteiger partial charge is 0.272 e. The molecule has 152 valence electrons. The van der Waals surface area contributed by atoms with Gasteiger partial charge in [0.05, 0.1) is 29.3 Å². The van der Waals surface area contributed by atoms with Crippen molar-refractivity contribution in [1.29, 1.82) is 0 Å². The SMILES string of the molecule is Cc1nn(C)cc1-c1cnc(NCc2c(F)ccc3c2CCO3)c2cn[nH]c(=O)c12. The lowest BCUT2D eigenvalue weighted by atomic mass is 10.0. The summed E-state index contributed by atoms with van der Waals surface area (Å²) in [6, 6.07) is 3.07. The van der Waals surface area contributed by atoms with Crippen molar-refractivity contribution in [3.63, 3.8) is 0 Å². The Bertz CT molecular complexity index is 1340. The minimum Gasteiger partial charge on any atom is -0.493 e. The predicted molar refractivity (Wildman–Crippen MR) is 110 cm³/mol. The van der Waals surface area contributed by atoms with Crippen LogP contribution in [0.4, 0.5) is 10.2 Å². The van der Waals surface area contributed by atoms with Crippen molar-refractivity contribution >= 4 is 16.6 Å². The van der Waals surface area contributed by atoms with E-state index in [0.717, 1.165) is 16.8 Å². The number of hydrogen-bond donors (Lipinski definition) is 2. The number of anilines is 1. The monoisotopic (exact) mass is 406 g/mol. The van der Waals surface area contributed by atoms with E-state index in [-0.39, 0.29) is 17.9 Å². The van der Waals surface area contributed by atoms with E-state index in [9.17, 15) is 9.18 Å². The van der Waals surface area contributed by atoms with Crippen molar-refractivity contribution in [2.75, 3.05) is 11.9 Å². The topological polar surface area (TPSA) is 97.7 Å². The number of aromatic amines is 1. The quantitative estimate of drug-likeness (QED) is 0.541. The van der Waals surface area contributed by atoms with Gasteiger partial charge in [0, 0.05) is 54.7 Å². The summed E-state index contributed by atoms with van der Waals surface area (Å²) in [5, 5.41) is 15.0. The van der Waals surface area contributed by atoms with Crippen LogP contribution in [-0.2, 0) is 20.0 Å². The highest BCUT2D eigenvalue weighted by Gasteiger charge is 2.20. The highest BCUT2D eigenvalue weighted by Crippen LogP contribution is 2.33. The number of aromatic nitrogens is 5. The van der Waals surface area contributed by atoms with Crippen LogP contribution in [0.2, 0.25) is 0 Å². The zero-order valence-corrected chi connectivity index (χ0v) is 16.5. The molecular weight excluding hydrogens is 387 g/mol. The van der Waals surface area contributed by atoms with Gasteiger partial charge in [-0.05, 0) is 19.1 Å². The average molecular weight is 406 g/mol. The molecule has 4 aromatic rings. The molecule has 0 aliphatic carbocycles. The highest BCUT2D eigenvalue weighted by molar-refractivity contribution is 6.00. The van der Waals surface area contributed by atoms with Gasteiger partial charge in [-0.15, -0.1) is 0 Å². The highest BCUT2D eigenvalue weighted by atomic mass is 19.1. The van der Waals surface area contributed by atoms with E-state index in [1.54, 1.807) is 23.1 Å². The van der Waals surface area contributed by atoms with Gasteiger partial charge in [0.25, 0.3) is 5.56 Å². The van der Waals surface area contributed by atoms with Gasteiger partial charge in [0.15, 0.2) is 0 Å². The number of halogens is 1. The number of rotatable bonds is 4. The Morgan fingerprint density at radius 2 is 2.17 bits per heavy atom. The van der Waals surface area contributed by atoms with Gasteiger partial charge in [0.2, 0.25) is 0 Å². The van der Waals surface area contributed by atoms with Crippen molar-refractivity contribution in [2.24, 2.45) is 7.05 Å². The van der Waals surface area contributed by atoms with Gasteiger partial charge in [-0.2, -0.15) is 10.2 Å². The third kappa shape index (κ3) is 2.90. The number of H-pyrrole nitrogens is 1. The number of aryl methyl sites for hydroxylation is 2. The Kier molecular flexibility index (Phi) is 4.23. The molecule has 1 aliphatic heterocycles. The van der Waals surface area contributed by atoms with Crippen LogP contribution < -0.4 is 15.6 Å². The van der Waals surface area contributed by atoms with Crippen LogP contribution in [0, 0.1) is 12.7 Å². The summed E-state index contributed by atoms with van der Waals surface area (Å²) in [7, 11) is 1.82. The first kappa shape index (κ1) is 18.3. The molecular formula is C21H19FN6O2. The first-order valence-corrected chi connectivity index (χ1v) is 9.57. The van der Waals surface area contributed by atoms with E-state index >= 15 is 0 Å². The molecule has 0 atom stereocenters. The molecule has 0 amide bonds. The third-order valence-electron chi connectivity index (χ3n) is 5.38. The second-order valence-corrected chi connectivity index (χ2v) is 7.26. The number of pyridine rings is 1. The molecule has 1 aliphatic rings. The molecule has 0 radical (unpaired) electrons. The Hall–Kier alpha value is -3.75. The summed E-state index contributed by atoms with van der Waals surface area (Å²) in [4.78, 5) is 17.2. The van der Waals surface area contributed by atoms with Crippen molar-refractivity contribution < 1.29 is 9.13 Å². The largest absolute Gasteiger partial charge is 0.493 e. The fraction of sp³-hybridized carbons (Fsp3) is 0.238. The normalized spacial score (nSPS) is 12.8. The molecule has 0 spiro atoms. The van der Waals surface area contributed by atoms with E-state index in [2.05, 4.69) is 25.6 Å². The number of nitrogens with one attached hydrogen (secondary N) is 2. The lowest BCUT2D eigenvalue weighted by molar-refractivity contribution is 0.356. The number of fused-ring (bicyclic) bond motifs is 2. The second-order valence-electron chi connectivity index (χ2n) is 7.26. The molecule has 0 unspecified atom stereocenters. The number of hydrogen-bond acceptors (Lipinski definition) is 6. The van der Waals surface area contributed by atoms with Crippen molar-refractivity contribution in [2.45, 2.75) is 19.9 Å². The molecule has 0 saturated heterocycles. The minimum atomic E-state index is -0.323. The van der Waals surface area contributed by atoms with Crippen LogP contribution in [-0.4, -0.2) is 31.6 Å².